The summed E-state index contributed by atoms with van der Waals surface area (Å²) in [6.45, 7) is 1.84. The van der Waals surface area contributed by atoms with Gasteiger partial charge in [-0.05, 0) is 19.1 Å². The second kappa shape index (κ2) is 8.21. The first kappa shape index (κ1) is 17.6. The van der Waals surface area contributed by atoms with Crippen molar-refractivity contribution in [3.05, 3.63) is 40.9 Å². The third-order valence-electron chi connectivity index (χ3n) is 3.31. The quantitative estimate of drug-likeness (QED) is 0.569. The minimum absolute atomic E-state index is 0.313. The number of para-hydroxylation sites is 1. The summed E-state index contributed by atoms with van der Waals surface area (Å²) in [5, 5.41) is 2.98. The molecule has 0 radical (unpaired) electrons. The molecule has 2 aromatic rings. The van der Waals surface area contributed by atoms with E-state index >= 15 is 0 Å². The molecule has 0 unspecified atom stereocenters. The fourth-order valence-electron chi connectivity index (χ4n) is 2.07. The van der Waals surface area contributed by atoms with E-state index in [0.29, 0.717) is 24.1 Å². The van der Waals surface area contributed by atoms with Crippen LogP contribution in [0.15, 0.2) is 35.4 Å². The molecule has 0 saturated heterocycles. The first-order chi connectivity index (χ1) is 11.5. The van der Waals surface area contributed by atoms with E-state index in [1.807, 2.05) is 0 Å². The number of carbonyl (C=O) groups excluding carboxylic acids is 2. The number of hydrogen-bond donors (Lipinski definition) is 1. The highest BCUT2D eigenvalue weighted by atomic mass is 16.5. The molecule has 1 atom stereocenters. The van der Waals surface area contributed by atoms with Gasteiger partial charge < -0.3 is 14.8 Å². The van der Waals surface area contributed by atoms with Crippen molar-refractivity contribution in [2.75, 3.05) is 20.3 Å². The Morgan fingerprint density at radius 1 is 1.33 bits per heavy atom. The standard InChI is InChI=1S/C16H19N3O5/c1-11(15(21)17-7-8-23-2)24-14(20)9-19-10-18-13-6-4-3-5-12(13)16(19)22/h3-6,10-11H,7-9H2,1-2H3,(H,17,21)/t11-/m0/s1. The molecule has 1 aromatic carbocycles. The van der Waals surface area contributed by atoms with Crippen LogP contribution in [0.4, 0.5) is 0 Å². The number of carbonyl (C=O) groups is 2. The van der Waals surface area contributed by atoms with Gasteiger partial charge in [0.05, 0.1) is 23.8 Å². The van der Waals surface area contributed by atoms with Gasteiger partial charge in [-0.15, -0.1) is 0 Å². The van der Waals surface area contributed by atoms with E-state index in [-0.39, 0.29) is 12.1 Å². The van der Waals surface area contributed by atoms with Crippen LogP contribution in [0.2, 0.25) is 0 Å². The average molecular weight is 333 g/mol. The van der Waals surface area contributed by atoms with Crippen molar-refractivity contribution in [2.24, 2.45) is 0 Å². The molecule has 0 spiro atoms. The summed E-state index contributed by atoms with van der Waals surface area (Å²) in [7, 11) is 1.52. The number of hydrogen-bond acceptors (Lipinski definition) is 6. The number of aromatic nitrogens is 2. The largest absolute Gasteiger partial charge is 0.451 e. The Morgan fingerprint density at radius 3 is 2.83 bits per heavy atom. The monoisotopic (exact) mass is 333 g/mol. The molecule has 0 fully saturated rings. The summed E-state index contributed by atoms with van der Waals surface area (Å²) in [6.07, 6.45) is 0.327. The van der Waals surface area contributed by atoms with Crippen LogP contribution in [0.3, 0.4) is 0 Å². The van der Waals surface area contributed by atoms with Gasteiger partial charge in [-0.2, -0.15) is 0 Å². The lowest BCUT2D eigenvalue weighted by atomic mass is 10.2. The minimum Gasteiger partial charge on any atom is -0.451 e. The van der Waals surface area contributed by atoms with E-state index in [9.17, 15) is 14.4 Å². The Labute approximate surface area is 138 Å². The molecule has 128 valence electrons. The molecule has 8 heteroatoms. The van der Waals surface area contributed by atoms with E-state index in [4.69, 9.17) is 9.47 Å². The fourth-order valence-corrected chi connectivity index (χ4v) is 2.07. The molecule has 1 aromatic heterocycles. The molecule has 0 aliphatic rings. The van der Waals surface area contributed by atoms with Gasteiger partial charge in [-0.1, -0.05) is 12.1 Å². The highest BCUT2D eigenvalue weighted by Gasteiger charge is 2.18. The second-order valence-electron chi connectivity index (χ2n) is 5.11. The lowest BCUT2D eigenvalue weighted by Crippen LogP contribution is -2.38. The maximum Gasteiger partial charge on any atom is 0.326 e. The highest BCUT2D eigenvalue weighted by molar-refractivity contribution is 5.83. The molecule has 0 bridgehead atoms. The zero-order valence-corrected chi connectivity index (χ0v) is 13.5. The van der Waals surface area contributed by atoms with Gasteiger partial charge >= 0.3 is 5.97 Å². The fraction of sp³-hybridized carbons (Fsp3) is 0.375. The molecule has 24 heavy (non-hydrogen) atoms. The van der Waals surface area contributed by atoms with Crippen molar-refractivity contribution in [1.29, 1.82) is 0 Å². The van der Waals surface area contributed by atoms with Crippen LogP contribution < -0.4 is 10.9 Å². The topological polar surface area (TPSA) is 99.5 Å². The lowest BCUT2D eigenvalue weighted by Gasteiger charge is -2.14. The zero-order chi connectivity index (χ0) is 17.5. The normalized spacial score (nSPS) is 11.9. The van der Waals surface area contributed by atoms with Crippen LogP contribution in [0.1, 0.15) is 6.92 Å². The second-order valence-corrected chi connectivity index (χ2v) is 5.11. The Hall–Kier alpha value is -2.74. The van der Waals surface area contributed by atoms with Crippen LogP contribution in [0.5, 0.6) is 0 Å². The van der Waals surface area contributed by atoms with Gasteiger partial charge in [-0.3, -0.25) is 19.0 Å². The number of benzene rings is 1. The summed E-state index contributed by atoms with van der Waals surface area (Å²) in [6, 6.07) is 6.85. The van der Waals surface area contributed by atoms with Crippen LogP contribution >= 0.6 is 0 Å². The SMILES string of the molecule is COCCNC(=O)[C@H](C)OC(=O)Cn1cnc2ccccc2c1=O. The number of rotatable bonds is 7. The molecule has 0 saturated carbocycles. The molecular formula is C16H19N3O5. The molecule has 0 aliphatic carbocycles. The van der Waals surface area contributed by atoms with Gasteiger partial charge in [0.25, 0.3) is 11.5 Å². The summed E-state index contributed by atoms with van der Waals surface area (Å²) < 4.78 is 11.0. The van der Waals surface area contributed by atoms with Crippen LogP contribution in [-0.2, 0) is 25.6 Å². The van der Waals surface area contributed by atoms with Gasteiger partial charge in [0.15, 0.2) is 6.10 Å². The number of fused-ring (bicyclic) bond motifs is 1. The summed E-state index contributed by atoms with van der Waals surface area (Å²) in [5.41, 5.74) is 0.216. The van der Waals surface area contributed by atoms with Gasteiger partial charge in [0.2, 0.25) is 0 Å². The van der Waals surface area contributed by atoms with E-state index in [1.165, 1.54) is 20.4 Å². The van der Waals surface area contributed by atoms with E-state index in [1.54, 1.807) is 24.3 Å². The Bertz CT molecular complexity index is 787. The number of methoxy groups -OCH3 is 1. The van der Waals surface area contributed by atoms with Crippen molar-refractivity contribution < 1.29 is 19.1 Å². The summed E-state index contributed by atoms with van der Waals surface area (Å²) in [5.74, 6) is -1.12. The predicted molar refractivity (Wildman–Crippen MR) is 86.4 cm³/mol. The molecule has 1 heterocycles. The smallest absolute Gasteiger partial charge is 0.326 e. The van der Waals surface area contributed by atoms with Crippen molar-refractivity contribution >= 4 is 22.8 Å². The Morgan fingerprint density at radius 2 is 2.08 bits per heavy atom. The minimum atomic E-state index is -0.960. The lowest BCUT2D eigenvalue weighted by molar-refractivity contribution is -0.155. The number of nitrogens with zero attached hydrogens (tertiary/aromatic N) is 2. The number of ether oxygens (including phenoxy) is 2. The summed E-state index contributed by atoms with van der Waals surface area (Å²) in [4.78, 5) is 40.1. The molecule has 2 rings (SSSR count). The number of nitrogens with one attached hydrogen (secondary N) is 1. The van der Waals surface area contributed by atoms with Crippen molar-refractivity contribution in [3.63, 3.8) is 0 Å². The maximum atomic E-state index is 12.3. The first-order valence-electron chi connectivity index (χ1n) is 7.43. The molecular weight excluding hydrogens is 314 g/mol. The van der Waals surface area contributed by atoms with E-state index < -0.39 is 18.0 Å². The van der Waals surface area contributed by atoms with Crippen LogP contribution in [-0.4, -0.2) is 47.8 Å². The van der Waals surface area contributed by atoms with Crippen LogP contribution in [0.25, 0.3) is 10.9 Å². The molecule has 1 N–H and O–H groups in total. The predicted octanol–water partition coefficient (Wildman–Crippen LogP) is 0.0908. The Balaban J connectivity index is 1.98. The van der Waals surface area contributed by atoms with Crippen LogP contribution in [0, 0.1) is 0 Å². The van der Waals surface area contributed by atoms with Crippen molar-refractivity contribution in [2.45, 2.75) is 19.6 Å². The molecule has 0 aliphatic heterocycles. The highest BCUT2D eigenvalue weighted by Crippen LogP contribution is 2.04. The van der Waals surface area contributed by atoms with Gasteiger partial charge in [0, 0.05) is 13.7 Å². The van der Waals surface area contributed by atoms with Crippen molar-refractivity contribution in [3.8, 4) is 0 Å². The molecule has 8 nitrogen and oxygen atoms in total. The summed E-state index contributed by atoms with van der Waals surface area (Å²) >= 11 is 0. The van der Waals surface area contributed by atoms with Gasteiger partial charge in [-0.25, -0.2) is 4.98 Å². The maximum absolute atomic E-state index is 12.3. The van der Waals surface area contributed by atoms with Crippen molar-refractivity contribution in [1.82, 2.24) is 14.9 Å². The van der Waals surface area contributed by atoms with Gasteiger partial charge in [0.1, 0.15) is 6.54 Å². The number of amides is 1. The average Bonchev–Trinajstić information content (AvgIpc) is 2.57. The third kappa shape index (κ3) is 4.39. The van der Waals surface area contributed by atoms with E-state index in [2.05, 4.69) is 10.3 Å². The molecule has 1 amide bonds. The first-order valence-corrected chi connectivity index (χ1v) is 7.43. The van der Waals surface area contributed by atoms with E-state index in [0.717, 1.165) is 4.57 Å². The number of esters is 1. The zero-order valence-electron chi connectivity index (χ0n) is 13.5. The third-order valence-corrected chi connectivity index (χ3v) is 3.31. The Kier molecular flexibility index (Phi) is 6.02.